The summed E-state index contributed by atoms with van der Waals surface area (Å²) in [5.74, 6) is 0.132. The molecule has 4 amide bonds. The normalized spacial score (nSPS) is 13.9. The number of hydrogen-bond acceptors (Lipinski definition) is 7. The van der Waals surface area contributed by atoms with Crippen LogP contribution in [0.3, 0.4) is 0 Å². The molecular weight excluding hydrogens is 643 g/mol. The van der Waals surface area contributed by atoms with Crippen LogP contribution in [0.1, 0.15) is 36.1 Å². The number of carbonyl (C=O) groups is 3. The van der Waals surface area contributed by atoms with Crippen molar-refractivity contribution in [3.8, 4) is 23.0 Å². The number of urea groups is 1. The average molecular weight is 676 g/mol. The number of anilines is 1. The first-order valence-electron chi connectivity index (χ1n) is 14.9. The van der Waals surface area contributed by atoms with Gasteiger partial charge in [-0.25, -0.2) is 9.69 Å². The zero-order valence-corrected chi connectivity index (χ0v) is 27.5. The van der Waals surface area contributed by atoms with Gasteiger partial charge in [-0.2, -0.15) is 0 Å². The molecule has 0 aliphatic carbocycles. The van der Waals surface area contributed by atoms with Crippen LogP contribution in [0, 0.1) is 6.92 Å². The molecule has 11 heteroatoms. The molecule has 4 aromatic carbocycles. The van der Waals surface area contributed by atoms with Gasteiger partial charge < -0.3 is 18.9 Å². The Morgan fingerprint density at radius 2 is 1.45 bits per heavy atom. The molecule has 0 saturated carbocycles. The number of amides is 4. The summed E-state index contributed by atoms with van der Waals surface area (Å²) < 4.78 is 23.8. The maximum Gasteiger partial charge on any atom is 0.335 e. The van der Waals surface area contributed by atoms with Crippen LogP contribution in [0.5, 0.6) is 23.0 Å². The molecule has 0 unspecified atom stereocenters. The third-order valence-electron chi connectivity index (χ3n) is 7.15. The van der Waals surface area contributed by atoms with Crippen LogP contribution in [0.2, 0.25) is 10.0 Å². The highest BCUT2D eigenvalue weighted by atomic mass is 35.5. The molecule has 9 nitrogen and oxygen atoms in total. The Morgan fingerprint density at radius 1 is 0.723 bits per heavy atom. The quantitative estimate of drug-likeness (QED) is 0.120. The largest absolute Gasteiger partial charge is 0.490 e. The highest BCUT2D eigenvalue weighted by molar-refractivity contribution is 6.40. The second-order valence-electron chi connectivity index (χ2n) is 10.4. The lowest BCUT2D eigenvalue weighted by Gasteiger charge is -2.27. The van der Waals surface area contributed by atoms with Gasteiger partial charge >= 0.3 is 6.03 Å². The number of nitrogens with one attached hydrogen (secondary N) is 1. The van der Waals surface area contributed by atoms with Gasteiger partial charge in [0, 0.05) is 5.02 Å². The summed E-state index contributed by atoms with van der Waals surface area (Å²) in [6.07, 6.45) is 1.34. The summed E-state index contributed by atoms with van der Waals surface area (Å²) in [7, 11) is 0. The number of nitrogens with zero attached hydrogens (tertiary/aromatic N) is 1. The molecular formula is C36H32Cl2N2O7. The minimum Gasteiger partial charge on any atom is -0.490 e. The molecule has 0 bridgehead atoms. The summed E-state index contributed by atoms with van der Waals surface area (Å²) in [4.78, 5) is 39.9. The minimum atomic E-state index is -0.873. The number of ether oxygens (including phenoxy) is 4. The van der Waals surface area contributed by atoms with Gasteiger partial charge in [-0.3, -0.25) is 14.9 Å². The zero-order chi connectivity index (χ0) is 33.5. The molecule has 242 valence electrons. The molecule has 1 aliphatic rings. The topological polar surface area (TPSA) is 103 Å². The molecule has 1 saturated heterocycles. The van der Waals surface area contributed by atoms with Gasteiger partial charge in [0.05, 0.1) is 23.9 Å². The summed E-state index contributed by atoms with van der Waals surface area (Å²) in [5.41, 5.74) is 2.73. The second kappa shape index (κ2) is 15.1. The number of imide groups is 2. The van der Waals surface area contributed by atoms with Crippen molar-refractivity contribution < 1.29 is 33.3 Å². The van der Waals surface area contributed by atoms with E-state index in [4.69, 9.17) is 42.1 Å². The van der Waals surface area contributed by atoms with Gasteiger partial charge in [0.1, 0.15) is 18.8 Å². The van der Waals surface area contributed by atoms with Crippen molar-refractivity contribution in [3.63, 3.8) is 0 Å². The summed E-state index contributed by atoms with van der Waals surface area (Å²) in [5, 5.41) is 2.78. The lowest BCUT2D eigenvalue weighted by atomic mass is 10.1. The Bertz CT molecular complexity index is 1840. The molecule has 1 fully saturated rings. The van der Waals surface area contributed by atoms with E-state index in [1.807, 2.05) is 55.5 Å². The molecule has 0 aromatic heterocycles. The predicted molar refractivity (Wildman–Crippen MR) is 181 cm³/mol. The van der Waals surface area contributed by atoms with E-state index in [2.05, 4.69) is 5.32 Å². The Morgan fingerprint density at radius 3 is 2.19 bits per heavy atom. The molecule has 0 radical (unpaired) electrons. The Labute approximate surface area is 282 Å². The van der Waals surface area contributed by atoms with Crippen molar-refractivity contribution in [2.45, 2.75) is 34.0 Å². The SMILES string of the molecule is CCOc1cc(COc2c(Cl)cc(/C=C3/C(=O)NC(=O)N(c4cccc(Cl)c4C)C3=O)cc2OCC)ccc1OCc1ccccc1. The molecule has 47 heavy (non-hydrogen) atoms. The fourth-order valence-corrected chi connectivity index (χ4v) is 5.32. The van der Waals surface area contributed by atoms with Crippen molar-refractivity contribution >= 4 is 52.8 Å². The number of hydrogen-bond donors (Lipinski definition) is 1. The first-order valence-corrected chi connectivity index (χ1v) is 15.6. The van der Waals surface area contributed by atoms with E-state index < -0.39 is 17.8 Å². The number of rotatable bonds is 12. The van der Waals surface area contributed by atoms with Crippen molar-refractivity contribution in [2.75, 3.05) is 18.1 Å². The number of barbiturate groups is 1. The third-order valence-corrected chi connectivity index (χ3v) is 7.84. The van der Waals surface area contributed by atoms with Crippen LogP contribution >= 0.6 is 23.2 Å². The number of carbonyl (C=O) groups excluding carboxylic acids is 3. The predicted octanol–water partition coefficient (Wildman–Crippen LogP) is 7.92. The minimum absolute atomic E-state index is 0.135. The van der Waals surface area contributed by atoms with Gasteiger partial charge in [0.25, 0.3) is 11.8 Å². The van der Waals surface area contributed by atoms with Crippen LogP contribution in [0.4, 0.5) is 10.5 Å². The fraction of sp³-hybridized carbons (Fsp3) is 0.194. The maximum absolute atomic E-state index is 13.5. The molecule has 1 N–H and O–H groups in total. The van der Waals surface area contributed by atoms with E-state index in [-0.39, 0.29) is 28.6 Å². The van der Waals surface area contributed by atoms with Crippen molar-refractivity contribution in [1.82, 2.24) is 5.32 Å². The van der Waals surface area contributed by atoms with Crippen LogP contribution in [-0.2, 0) is 22.8 Å². The first-order chi connectivity index (χ1) is 22.7. The Hall–Kier alpha value is -4.99. The second-order valence-corrected chi connectivity index (χ2v) is 11.2. The highest BCUT2D eigenvalue weighted by Gasteiger charge is 2.37. The number of benzene rings is 4. The standard InChI is InChI=1S/C36H32Cl2N2O7/c1-4-44-31-18-24(14-15-30(31)46-20-23-10-7-6-8-11-23)21-47-33-28(38)17-25(19-32(33)45-5-2)16-26-34(41)39-36(43)40(35(26)42)29-13-9-12-27(37)22(29)3/h6-19H,4-5,20-21H2,1-3H3,(H,39,41,43)/b26-16-. The van der Waals surface area contributed by atoms with Gasteiger partial charge in [0.2, 0.25) is 0 Å². The van der Waals surface area contributed by atoms with Crippen LogP contribution in [0.15, 0.2) is 84.4 Å². The average Bonchev–Trinajstić information content (AvgIpc) is 3.05. The first kappa shape index (κ1) is 33.4. The Balaban J connectivity index is 1.38. The monoisotopic (exact) mass is 674 g/mol. The summed E-state index contributed by atoms with van der Waals surface area (Å²) in [6.45, 7) is 6.66. The van der Waals surface area contributed by atoms with Gasteiger partial charge in [-0.15, -0.1) is 0 Å². The van der Waals surface area contributed by atoms with E-state index in [1.54, 1.807) is 44.2 Å². The zero-order valence-electron chi connectivity index (χ0n) is 26.0. The van der Waals surface area contributed by atoms with Crippen molar-refractivity contribution in [3.05, 3.63) is 117 Å². The van der Waals surface area contributed by atoms with Gasteiger partial charge in [-0.1, -0.05) is 65.7 Å². The third kappa shape index (κ3) is 7.70. The van der Waals surface area contributed by atoms with Gasteiger partial charge in [-0.05, 0) is 85.5 Å². The smallest absolute Gasteiger partial charge is 0.335 e. The van der Waals surface area contributed by atoms with E-state index in [9.17, 15) is 14.4 Å². The van der Waals surface area contributed by atoms with E-state index >= 15 is 0 Å². The van der Waals surface area contributed by atoms with Crippen LogP contribution in [-0.4, -0.2) is 31.1 Å². The Kier molecular flexibility index (Phi) is 10.7. The molecule has 5 rings (SSSR count). The lowest BCUT2D eigenvalue weighted by molar-refractivity contribution is -0.122. The highest BCUT2D eigenvalue weighted by Crippen LogP contribution is 2.39. The van der Waals surface area contributed by atoms with E-state index in [1.165, 1.54) is 6.08 Å². The number of halogens is 2. The maximum atomic E-state index is 13.5. The van der Waals surface area contributed by atoms with E-state index in [0.29, 0.717) is 53.2 Å². The van der Waals surface area contributed by atoms with Crippen molar-refractivity contribution in [2.24, 2.45) is 0 Å². The molecule has 1 aliphatic heterocycles. The molecule has 0 atom stereocenters. The van der Waals surface area contributed by atoms with Gasteiger partial charge in [0.15, 0.2) is 23.0 Å². The molecule has 1 heterocycles. The van der Waals surface area contributed by atoms with Crippen LogP contribution in [0.25, 0.3) is 6.08 Å². The molecule has 4 aromatic rings. The van der Waals surface area contributed by atoms with Crippen molar-refractivity contribution in [1.29, 1.82) is 0 Å². The summed E-state index contributed by atoms with van der Waals surface area (Å²) in [6, 6.07) is 22.5. The van der Waals surface area contributed by atoms with E-state index in [0.717, 1.165) is 16.0 Å². The fourth-order valence-electron chi connectivity index (χ4n) is 4.88. The lowest BCUT2D eigenvalue weighted by Crippen LogP contribution is -2.54. The molecule has 0 spiro atoms. The summed E-state index contributed by atoms with van der Waals surface area (Å²) >= 11 is 12.9. The van der Waals surface area contributed by atoms with Crippen LogP contribution < -0.4 is 29.2 Å².